The average Bonchev–Trinajstić information content (AvgIpc) is 2.31. The second-order valence-electron chi connectivity index (χ2n) is 4.02. The van der Waals surface area contributed by atoms with E-state index in [0.29, 0.717) is 0 Å². The molecule has 0 atom stereocenters. The molecule has 16 heavy (non-hydrogen) atoms. The standard InChI is InChI=1S/C16H27/c1-3-5-7-9-11-13-15-16-14-12-10-8-6-4-2/h7,9,12-15H,1,3-6,8,10-11,16H2,2H3/b9-7-,14-12-,15-13-. The molecule has 0 aromatic heterocycles. The molecule has 0 saturated heterocycles. The Labute approximate surface area is 102 Å². The minimum atomic E-state index is 1.00. The van der Waals surface area contributed by atoms with E-state index < -0.39 is 0 Å². The maximum Gasteiger partial charge on any atom is -0.0169 e. The summed E-state index contributed by atoms with van der Waals surface area (Å²) in [7, 11) is 0. The Morgan fingerprint density at radius 2 is 1.31 bits per heavy atom. The first-order valence-corrected chi connectivity index (χ1v) is 6.66. The molecule has 0 heterocycles. The van der Waals surface area contributed by atoms with E-state index in [-0.39, 0.29) is 0 Å². The zero-order valence-corrected chi connectivity index (χ0v) is 10.8. The molecule has 1 radical (unpaired) electrons. The quantitative estimate of drug-likeness (QED) is 0.330. The molecule has 0 bridgehead atoms. The summed E-state index contributed by atoms with van der Waals surface area (Å²) >= 11 is 0. The third-order valence-corrected chi connectivity index (χ3v) is 2.39. The maximum absolute atomic E-state index is 3.80. The lowest BCUT2D eigenvalue weighted by molar-refractivity contribution is 0.728. The third kappa shape index (κ3) is 13.2. The van der Waals surface area contributed by atoms with Crippen molar-refractivity contribution in [2.45, 2.75) is 58.3 Å². The lowest BCUT2D eigenvalue weighted by Crippen LogP contribution is -1.70. The van der Waals surface area contributed by atoms with Crippen LogP contribution in [0.25, 0.3) is 0 Å². The summed E-state index contributed by atoms with van der Waals surface area (Å²) in [6, 6.07) is 0. The first-order valence-electron chi connectivity index (χ1n) is 6.66. The van der Waals surface area contributed by atoms with Crippen molar-refractivity contribution in [3.63, 3.8) is 0 Å². The first-order chi connectivity index (χ1) is 7.91. The van der Waals surface area contributed by atoms with Crippen molar-refractivity contribution in [1.29, 1.82) is 0 Å². The molecule has 0 rings (SSSR count). The van der Waals surface area contributed by atoms with Gasteiger partial charge in [0, 0.05) is 0 Å². The van der Waals surface area contributed by atoms with Crippen LogP contribution < -0.4 is 0 Å². The highest BCUT2D eigenvalue weighted by Crippen LogP contribution is 2.00. The van der Waals surface area contributed by atoms with Gasteiger partial charge in [-0.15, -0.1) is 0 Å². The molecule has 0 spiro atoms. The zero-order valence-electron chi connectivity index (χ0n) is 10.8. The summed E-state index contributed by atoms with van der Waals surface area (Å²) in [5, 5.41) is 0. The van der Waals surface area contributed by atoms with Crippen LogP contribution in [-0.4, -0.2) is 0 Å². The molecule has 0 aromatic carbocycles. The van der Waals surface area contributed by atoms with E-state index in [1.165, 1.54) is 25.7 Å². The molecule has 0 aliphatic heterocycles. The van der Waals surface area contributed by atoms with Crippen LogP contribution in [0.1, 0.15) is 58.3 Å². The molecule has 0 N–H and O–H groups in total. The molecule has 0 saturated carbocycles. The molecule has 0 aliphatic carbocycles. The number of rotatable bonds is 10. The van der Waals surface area contributed by atoms with Crippen LogP contribution in [0.5, 0.6) is 0 Å². The summed E-state index contributed by atoms with van der Waals surface area (Å²) < 4.78 is 0. The van der Waals surface area contributed by atoms with Crippen molar-refractivity contribution in [3.8, 4) is 0 Å². The van der Waals surface area contributed by atoms with Crippen molar-refractivity contribution >= 4 is 0 Å². The Bertz CT molecular complexity index is 196. The molecule has 0 unspecified atom stereocenters. The largest absolute Gasteiger partial charge is 0.0882 e. The van der Waals surface area contributed by atoms with E-state index in [1.807, 2.05) is 0 Å². The van der Waals surface area contributed by atoms with Gasteiger partial charge in [0.15, 0.2) is 0 Å². The third-order valence-electron chi connectivity index (χ3n) is 2.39. The van der Waals surface area contributed by atoms with E-state index in [4.69, 9.17) is 0 Å². The first kappa shape index (κ1) is 15.2. The molecule has 0 amide bonds. The lowest BCUT2D eigenvalue weighted by atomic mass is 10.2. The Morgan fingerprint density at radius 1 is 0.750 bits per heavy atom. The Kier molecular flexibility index (Phi) is 13.5. The fourth-order valence-electron chi connectivity index (χ4n) is 1.41. The Morgan fingerprint density at radius 3 is 1.88 bits per heavy atom. The topological polar surface area (TPSA) is 0 Å². The minimum Gasteiger partial charge on any atom is -0.0882 e. The molecular weight excluding hydrogens is 192 g/mol. The fraction of sp³-hybridized carbons (Fsp3) is 0.562. The average molecular weight is 219 g/mol. The highest BCUT2D eigenvalue weighted by atomic mass is 13.9. The Hall–Kier alpha value is -0.780. The van der Waals surface area contributed by atoms with Gasteiger partial charge in [-0.2, -0.15) is 0 Å². The maximum atomic E-state index is 3.80. The highest BCUT2D eigenvalue weighted by molar-refractivity contribution is 4.97. The van der Waals surface area contributed by atoms with Gasteiger partial charge in [0.1, 0.15) is 0 Å². The monoisotopic (exact) mass is 219 g/mol. The predicted octanol–water partition coefficient (Wildman–Crippen LogP) is 5.63. The molecular formula is C16H27. The number of allylic oxidation sites excluding steroid dienone is 6. The van der Waals surface area contributed by atoms with Crippen molar-refractivity contribution < 1.29 is 0 Å². The van der Waals surface area contributed by atoms with E-state index in [0.717, 1.165) is 25.7 Å². The minimum absolute atomic E-state index is 1.00. The summed E-state index contributed by atoms with van der Waals surface area (Å²) in [5.41, 5.74) is 0. The molecule has 0 fully saturated rings. The number of unbranched alkanes of at least 4 members (excludes halogenated alkanes) is 4. The van der Waals surface area contributed by atoms with Crippen LogP contribution in [0, 0.1) is 6.92 Å². The van der Waals surface area contributed by atoms with Crippen LogP contribution >= 0.6 is 0 Å². The molecule has 0 nitrogen and oxygen atoms in total. The lowest BCUT2D eigenvalue weighted by Gasteiger charge is -1.90. The normalized spacial score (nSPS) is 12.4. The second kappa shape index (κ2) is 14.2. The van der Waals surface area contributed by atoms with Crippen molar-refractivity contribution in [2.75, 3.05) is 0 Å². The van der Waals surface area contributed by atoms with E-state index in [9.17, 15) is 0 Å². The van der Waals surface area contributed by atoms with E-state index >= 15 is 0 Å². The molecule has 0 heteroatoms. The number of hydrogen-bond donors (Lipinski definition) is 0. The van der Waals surface area contributed by atoms with Crippen LogP contribution in [0.15, 0.2) is 36.5 Å². The van der Waals surface area contributed by atoms with Crippen LogP contribution in [0.4, 0.5) is 0 Å². The van der Waals surface area contributed by atoms with Gasteiger partial charge >= 0.3 is 0 Å². The van der Waals surface area contributed by atoms with Crippen LogP contribution in [0.3, 0.4) is 0 Å². The van der Waals surface area contributed by atoms with Gasteiger partial charge < -0.3 is 0 Å². The van der Waals surface area contributed by atoms with Gasteiger partial charge in [0.2, 0.25) is 0 Å². The fourth-order valence-corrected chi connectivity index (χ4v) is 1.41. The highest BCUT2D eigenvalue weighted by Gasteiger charge is 1.80. The molecule has 0 aliphatic rings. The zero-order chi connectivity index (χ0) is 11.9. The van der Waals surface area contributed by atoms with Gasteiger partial charge in [-0.3, -0.25) is 0 Å². The smallest absolute Gasteiger partial charge is 0.0169 e. The SMILES string of the molecule is [CH2]CC/C=C\C/C=C\C/C=C\CCCCC. The summed E-state index contributed by atoms with van der Waals surface area (Å²) in [4.78, 5) is 0. The van der Waals surface area contributed by atoms with Crippen LogP contribution in [0.2, 0.25) is 0 Å². The van der Waals surface area contributed by atoms with Gasteiger partial charge in [0.05, 0.1) is 0 Å². The van der Waals surface area contributed by atoms with Gasteiger partial charge in [-0.1, -0.05) is 63.1 Å². The molecule has 91 valence electrons. The van der Waals surface area contributed by atoms with E-state index in [2.05, 4.69) is 50.3 Å². The second-order valence-corrected chi connectivity index (χ2v) is 4.02. The van der Waals surface area contributed by atoms with Crippen molar-refractivity contribution in [3.05, 3.63) is 43.4 Å². The van der Waals surface area contributed by atoms with E-state index in [1.54, 1.807) is 0 Å². The predicted molar refractivity (Wildman–Crippen MR) is 75.4 cm³/mol. The van der Waals surface area contributed by atoms with Crippen molar-refractivity contribution in [2.24, 2.45) is 0 Å². The van der Waals surface area contributed by atoms with Crippen molar-refractivity contribution in [1.82, 2.24) is 0 Å². The van der Waals surface area contributed by atoms with Gasteiger partial charge in [-0.05, 0) is 38.5 Å². The molecule has 0 aromatic rings. The number of hydrogen-bond acceptors (Lipinski definition) is 0. The van der Waals surface area contributed by atoms with Gasteiger partial charge in [-0.25, -0.2) is 0 Å². The van der Waals surface area contributed by atoms with Crippen LogP contribution in [-0.2, 0) is 0 Å². The Balaban J connectivity index is 3.26. The van der Waals surface area contributed by atoms with Gasteiger partial charge in [0.25, 0.3) is 0 Å². The summed E-state index contributed by atoms with van der Waals surface area (Å²) in [5.74, 6) is 0. The summed E-state index contributed by atoms with van der Waals surface area (Å²) in [6.45, 7) is 6.04. The summed E-state index contributed by atoms with van der Waals surface area (Å²) in [6.07, 6.45) is 23.0.